The number of aromatic nitrogens is 1. The highest BCUT2D eigenvalue weighted by atomic mass is 16.5. The first-order valence-corrected chi connectivity index (χ1v) is 8.60. The van der Waals surface area contributed by atoms with E-state index in [4.69, 9.17) is 4.74 Å². The zero-order valence-corrected chi connectivity index (χ0v) is 14.6. The SMILES string of the molecule is CCOc1ccc(NC(=O)N2CCn3c(C)ccc3C2CC)cc1. The van der Waals surface area contributed by atoms with Gasteiger partial charge in [0.05, 0.1) is 12.6 Å². The summed E-state index contributed by atoms with van der Waals surface area (Å²) in [5, 5.41) is 3.01. The van der Waals surface area contributed by atoms with Gasteiger partial charge in [-0.2, -0.15) is 0 Å². The standard InChI is InChI=1S/C19H25N3O2/c1-4-17-18-11-6-14(3)21(18)12-13-22(17)19(23)20-15-7-9-16(10-8-15)24-5-2/h6-11,17H,4-5,12-13H2,1-3H3,(H,20,23). The first-order chi connectivity index (χ1) is 11.6. The molecule has 2 amide bonds. The molecule has 1 aromatic carbocycles. The molecule has 1 aliphatic rings. The van der Waals surface area contributed by atoms with Gasteiger partial charge in [-0.25, -0.2) is 4.79 Å². The number of rotatable bonds is 4. The van der Waals surface area contributed by atoms with E-state index >= 15 is 0 Å². The number of hydrogen-bond donors (Lipinski definition) is 1. The molecule has 5 heteroatoms. The van der Waals surface area contributed by atoms with E-state index in [2.05, 4.69) is 35.9 Å². The molecule has 128 valence electrons. The van der Waals surface area contributed by atoms with Crippen molar-refractivity contribution in [3.8, 4) is 5.75 Å². The van der Waals surface area contributed by atoms with E-state index in [-0.39, 0.29) is 12.1 Å². The molecule has 0 spiro atoms. The Morgan fingerprint density at radius 2 is 1.92 bits per heavy atom. The summed E-state index contributed by atoms with van der Waals surface area (Å²) in [6.07, 6.45) is 0.903. The number of nitrogens with one attached hydrogen (secondary N) is 1. The molecule has 1 aliphatic heterocycles. The number of hydrogen-bond acceptors (Lipinski definition) is 2. The van der Waals surface area contributed by atoms with Crippen molar-refractivity contribution in [2.24, 2.45) is 0 Å². The van der Waals surface area contributed by atoms with Gasteiger partial charge in [0.15, 0.2) is 0 Å². The minimum atomic E-state index is -0.0453. The van der Waals surface area contributed by atoms with Crippen LogP contribution in [0.3, 0.4) is 0 Å². The zero-order valence-electron chi connectivity index (χ0n) is 14.6. The first-order valence-electron chi connectivity index (χ1n) is 8.60. The van der Waals surface area contributed by atoms with Crippen LogP contribution >= 0.6 is 0 Å². The Kier molecular flexibility index (Phi) is 4.79. The molecule has 0 saturated heterocycles. The fourth-order valence-electron chi connectivity index (χ4n) is 3.38. The molecule has 1 aromatic heterocycles. The van der Waals surface area contributed by atoms with Gasteiger partial charge in [0.2, 0.25) is 0 Å². The van der Waals surface area contributed by atoms with Crippen molar-refractivity contribution < 1.29 is 9.53 Å². The van der Waals surface area contributed by atoms with Crippen LogP contribution < -0.4 is 10.1 Å². The number of fused-ring (bicyclic) bond motifs is 1. The van der Waals surface area contributed by atoms with Crippen LogP contribution in [0.5, 0.6) is 5.75 Å². The van der Waals surface area contributed by atoms with Crippen molar-refractivity contribution in [2.45, 2.75) is 39.8 Å². The number of urea groups is 1. The van der Waals surface area contributed by atoms with Gasteiger partial charge in [-0.3, -0.25) is 0 Å². The Labute approximate surface area is 143 Å². The van der Waals surface area contributed by atoms with Gasteiger partial charge in [0, 0.05) is 30.2 Å². The van der Waals surface area contributed by atoms with Crippen LogP contribution in [-0.2, 0) is 6.54 Å². The second-order valence-electron chi connectivity index (χ2n) is 6.06. The van der Waals surface area contributed by atoms with E-state index in [1.165, 1.54) is 11.4 Å². The van der Waals surface area contributed by atoms with Crippen molar-refractivity contribution in [1.29, 1.82) is 0 Å². The normalized spacial score (nSPS) is 16.6. The molecule has 1 atom stereocenters. The Balaban J connectivity index is 1.72. The summed E-state index contributed by atoms with van der Waals surface area (Å²) in [5.41, 5.74) is 3.27. The minimum Gasteiger partial charge on any atom is -0.494 e. The molecule has 0 aliphatic carbocycles. The Morgan fingerprint density at radius 3 is 2.58 bits per heavy atom. The van der Waals surface area contributed by atoms with Crippen LogP contribution in [0.25, 0.3) is 0 Å². The molecule has 0 saturated carbocycles. The van der Waals surface area contributed by atoms with Gasteiger partial charge in [-0.1, -0.05) is 6.92 Å². The van der Waals surface area contributed by atoms with E-state index in [9.17, 15) is 4.79 Å². The fraction of sp³-hybridized carbons (Fsp3) is 0.421. The van der Waals surface area contributed by atoms with Crippen LogP contribution in [0.15, 0.2) is 36.4 Å². The number of amides is 2. The Bertz CT molecular complexity index is 706. The molecule has 1 N–H and O–H groups in total. The largest absolute Gasteiger partial charge is 0.494 e. The molecular weight excluding hydrogens is 302 g/mol. The molecule has 2 heterocycles. The van der Waals surface area contributed by atoms with E-state index in [1.54, 1.807) is 0 Å². The molecule has 0 radical (unpaired) electrons. The highest BCUT2D eigenvalue weighted by Crippen LogP contribution is 2.30. The van der Waals surface area contributed by atoms with Crippen molar-refractivity contribution in [1.82, 2.24) is 9.47 Å². The first kappa shape index (κ1) is 16.4. The van der Waals surface area contributed by atoms with Crippen LogP contribution in [0.4, 0.5) is 10.5 Å². The number of anilines is 1. The smallest absolute Gasteiger partial charge is 0.322 e. The minimum absolute atomic E-state index is 0.0453. The maximum Gasteiger partial charge on any atom is 0.322 e. The van der Waals surface area contributed by atoms with Crippen LogP contribution in [-0.4, -0.2) is 28.6 Å². The third kappa shape index (κ3) is 3.11. The number of carbonyl (C=O) groups is 1. The molecule has 24 heavy (non-hydrogen) atoms. The van der Waals surface area contributed by atoms with Gasteiger partial charge < -0.3 is 19.5 Å². The van der Waals surface area contributed by atoms with E-state index in [1.807, 2.05) is 36.1 Å². The van der Waals surface area contributed by atoms with Crippen molar-refractivity contribution in [3.63, 3.8) is 0 Å². The van der Waals surface area contributed by atoms with Gasteiger partial charge in [-0.05, 0) is 56.7 Å². The molecule has 0 bridgehead atoms. The van der Waals surface area contributed by atoms with E-state index in [0.717, 1.165) is 30.9 Å². The topological polar surface area (TPSA) is 46.5 Å². The highest BCUT2D eigenvalue weighted by molar-refractivity contribution is 5.89. The molecular formula is C19H25N3O2. The molecule has 3 rings (SSSR count). The van der Waals surface area contributed by atoms with Crippen molar-refractivity contribution in [2.75, 3.05) is 18.5 Å². The Morgan fingerprint density at radius 1 is 1.17 bits per heavy atom. The van der Waals surface area contributed by atoms with Gasteiger partial charge in [0.1, 0.15) is 5.75 Å². The number of carbonyl (C=O) groups excluding carboxylic acids is 1. The third-order valence-corrected chi connectivity index (χ3v) is 4.58. The summed E-state index contributed by atoms with van der Waals surface area (Å²) in [6.45, 7) is 8.40. The second kappa shape index (κ2) is 6.99. The van der Waals surface area contributed by atoms with E-state index < -0.39 is 0 Å². The van der Waals surface area contributed by atoms with Gasteiger partial charge in [-0.15, -0.1) is 0 Å². The maximum atomic E-state index is 12.7. The molecule has 5 nitrogen and oxygen atoms in total. The summed E-state index contributed by atoms with van der Waals surface area (Å²) in [7, 11) is 0. The lowest BCUT2D eigenvalue weighted by atomic mass is 10.1. The number of ether oxygens (including phenoxy) is 1. The van der Waals surface area contributed by atoms with Gasteiger partial charge in [0.25, 0.3) is 0 Å². The van der Waals surface area contributed by atoms with Crippen molar-refractivity contribution in [3.05, 3.63) is 47.8 Å². The van der Waals surface area contributed by atoms with Crippen LogP contribution in [0.2, 0.25) is 0 Å². The van der Waals surface area contributed by atoms with Crippen molar-refractivity contribution >= 4 is 11.7 Å². The van der Waals surface area contributed by atoms with Crippen LogP contribution in [0, 0.1) is 6.92 Å². The highest BCUT2D eigenvalue weighted by Gasteiger charge is 2.30. The summed E-state index contributed by atoms with van der Waals surface area (Å²) < 4.78 is 7.75. The second-order valence-corrected chi connectivity index (χ2v) is 6.06. The Hall–Kier alpha value is -2.43. The number of aryl methyl sites for hydroxylation is 1. The van der Waals surface area contributed by atoms with E-state index in [0.29, 0.717) is 6.61 Å². The summed E-state index contributed by atoms with van der Waals surface area (Å²) in [4.78, 5) is 14.7. The maximum absolute atomic E-state index is 12.7. The lowest BCUT2D eigenvalue weighted by molar-refractivity contribution is 0.165. The predicted molar refractivity (Wildman–Crippen MR) is 95.5 cm³/mol. The lowest BCUT2D eigenvalue weighted by Gasteiger charge is -2.37. The summed E-state index contributed by atoms with van der Waals surface area (Å²) >= 11 is 0. The number of nitrogens with zero attached hydrogens (tertiary/aromatic N) is 2. The third-order valence-electron chi connectivity index (χ3n) is 4.58. The molecule has 2 aromatic rings. The van der Waals surface area contributed by atoms with Gasteiger partial charge >= 0.3 is 6.03 Å². The fourth-order valence-corrected chi connectivity index (χ4v) is 3.38. The number of benzene rings is 1. The average Bonchev–Trinajstić information content (AvgIpc) is 2.97. The zero-order chi connectivity index (χ0) is 17.1. The monoisotopic (exact) mass is 327 g/mol. The lowest BCUT2D eigenvalue weighted by Crippen LogP contribution is -2.44. The summed E-state index contributed by atoms with van der Waals surface area (Å²) in [5.74, 6) is 0.813. The quantitative estimate of drug-likeness (QED) is 0.915. The summed E-state index contributed by atoms with van der Waals surface area (Å²) in [6, 6.07) is 11.8. The molecule has 0 fully saturated rings. The predicted octanol–water partition coefficient (Wildman–Crippen LogP) is 4.19. The van der Waals surface area contributed by atoms with Crippen LogP contribution in [0.1, 0.15) is 37.7 Å². The average molecular weight is 327 g/mol. The molecule has 1 unspecified atom stereocenters.